The highest BCUT2D eigenvalue weighted by Gasteiger charge is 2.12. The minimum absolute atomic E-state index is 0.172. The number of nitrogens with zero attached hydrogens (tertiary/aromatic N) is 1. The molecule has 0 aromatic heterocycles. The zero-order chi connectivity index (χ0) is 23.0. The summed E-state index contributed by atoms with van der Waals surface area (Å²) < 4.78 is 11.7. The van der Waals surface area contributed by atoms with Crippen molar-refractivity contribution in [3.63, 3.8) is 0 Å². The van der Waals surface area contributed by atoms with Crippen LogP contribution in [0.25, 0.3) is 10.8 Å². The van der Waals surface area contributed by atoms with Crippen molar-refractivity contribution >= 4 is 44.8 Å². The van der Waals surface area contributed by atoms with Gasteiger partial charge in [-0.15, -0.1) is 0 Å². The first-order valence-electron chi connectivity index (χ1n) is 10.1. The van der Waals surface area contributed by atoms with Gasteiger partial charge in [0.2, 0.25) is 0 Å². The molecule has 7 heteroatoms. The molecule has 4 aromatic rings. The van der Waals surface area contributed by atoms with Gasteiger partial charge in [0, 0.05) is 9.86 Å². The maximum absolute atomic E-state index is 12.4. The Balaban J connectivity index is 1.32. The van der Waals surface area contributed by atoms with E-state index in [0.29, 0.717) is 27.1 Å². The molecule has 164 valence electrons. The molecule has 0 atom stereocenters. The first-order valence-corrected chi connectivity index (χ1v) is 10.9. The number of fused-ring (bicyclic) bond motifs is 1. The van der Waals surface area contributed by atoms with Crippen molar-refractivity contribution < 1.29 is 19.1 Å². The van der Waals surface area contributed by atoms with Crippen molar-refractivity contribution in [2.24, 2.45) is 5.10 Å². The van der Waals surface area contributed by atoms with Gasteiger partial charge in [-0.3, -0.25) is 4.79 Å². The summed E-state index contributed by atoms with van der Waals surface area (Å²) in [5.41, 5.74) is 3.52. The predicted molar refractivity (Wildman–Crippen MR) is 131 cm³/mol. The predicted octanol–water partition coefficient (Wildman–Crippen LogP) is 5.35. The highest BCUT2D eigenvalue weighted by molar-refractivity contribution is 9.10. The lowest BCUT2D eigenvalue weighted by molar-refractivity contribution is -0.123. The Bertz CT molecular complexity index is 1330. The molecule has 0 fully saturated rings. The van der Waals surface area contributed by atoms with Crippen LogP contribution in [0.4, 0.5) is 0 Å². The fourth-order valence-corrected chi connectivity index (χ4v) is 3.57. The lowest BCUT2D eigenvalue weighted by Gasteiger charge is -2.08. The van der Waals surface area contributed by atoms with E-state index < -0.39 is 11.9 Å². The normalized spacial score (nSPS) is 10.8. The van der Waals surface area contributed by atoms with E-state index >= 15 is 0 Å². The molecule has 4 aromatic carbocycles. The van der Waals surface area contributed by atoms with Crippen LogP contribution in [-0.2, 0) is 4.79 Å². The third-order valence-electron chi connectivity index (χ3n) is 4.67. The van der Waals surface area contributed by atoms with Gasteiger partial charge in [-0.2, -0.15) is 5.10 Å². The second-order valence-corrected chi connectivity index (χ2v) is 7.86. The molecular weight excluding hydrogens is 484 g/mol. The van der Waals surface area contributed by atoms with Crippen molar-refractivity contribution in [3.05, 3.63) is 107 Å². The van der Waals surface area contributed by atoms with Gasteiger partial charge in [0.1, 0.15) is 11.5 Å². The molecule has 0 saturated carbocycles. The van der Waals surface area contributed by atoms with Gasteiger partial charge in [0.25, 0.3) is 5.91 Å². The molecule has 0 heterocycles. The molecule has 0 aliphatic heterocycles. The molecule has 4 rings (SSSR count). The molecule has 1 amide bonds. The fraction of sp³-hybridized carbons (Fsp3) is 0.0385. The number of hydrogen-bond acceptors (Lipinski definition) is 5. The van der Waals surface area contributed by atoms with Crippen LogP contribution >= 0.6 is 15.9 Å². The first-order chi connectivity index (χ1) is 16.1. The molecule has 0 spiro atoms. The van der Waals surface area contributed by atoms with Crippen molar-refractivity contribution in [2.75, 3.05) is 6.61 Å². The molecule has 0 aliphatic rings. The summed E-state index contributed by atoms with van der Waals surface area (Å²) in [7, 11) is 0. The van der Waals surface area contributed by atoms with E-state index in [2.05, 4.69) is 26.5 Å². The van der Waals surface area contributed by atoms with Crippen LogP contribution in [-0.4, -0.2) is 24.7 Å². The fourth-order valence-electron chi connectivity index (χ4n) is 3.12. The zero-order valence-electron chi connectivity index (χ0n) is 17.4. The summed E-state index contributed by atoms with van der Waals surface area (Å²) >= 11 is 3.34. The van der Waals surface area contributed by atoms with Gasteiger partial charge in [0.15, 0.2) is 6.61 Å². The van der Waals surface area contributed by atoms with Crippen LogP contribution in [0.2, 0.25) is 0 Å². The average molecular weight is 503 g/mol. The number of rotatable bonds is 7. The quantitative estimate of drug-likeness (QED) is 0.160. The van der Waals surface area contributed by atoms with Crippen molar-refractivity contribution in [3.8, 4) is 11.5 Å². The average Bonchev–Trinajstić information content (AvgIpc) is 2.83. The lowest BCUT2D eigenvalue weighted by atomic mass is 10.1. The molecule has 0 unspecified atom stereocenters. The molecule has 1 N–H and O–H groups in total. The second kappa shape index (κ2) is 10.6. The Labute approximate surface area is 199 Å². The Morgan fingerprint density at radius 2 is 1.67 bits per heavy atom. The number of carbonyl (C=O) groups is 2. The minimum Gasteiger partial charge on any atom is -0.483 e. The van der Waals surface area contributed by atoms with Gasteiger partial charge < -0.3 is 9.47 Å². The van der Waals surface area contributed by atoms with E-state index in [9.17, 15) is 9.59 Å². The third kappa shape index (κ3) is 5.84. The number of amides is 1. The summed E-state index contributed by atoms with van der Waals surface area (Å²) in [5.74, 6) is 0.128. The first kappa shape index (κ1) is 22.2. The van der Waals surface area contributed by atoms with Crippen LogP contribution < -0.4 is 14.9 Å². The largest absolute Gasteiger partial charge is 0.483 e. The highest BCUT2D eigenvalue weighted by atomic mass is 79.9. The van der Waals surface area contributed by atoms with Crippen LogP contribution in [0, 0.1) is 0 Å². The summed E-state index contributed by atoms with van der Waals surface area (Å²) in [5, 5.41) is 5.93. The van der Waals surface area contributed by atoms with Gasteiger partial charge in [-0.25, -0.2) is 10.2 Å². The number of ether oxygens (including phenoxy) is 2. The summed E-state index contributed by atoms with van der Waals surface area (Å²) in [4.78, 5) is 24.5. The van der Waals surface area contributed by atoms with E-state index in [0.717, 1.165) is 10.8 Å². The third-order valence-corrected chi connectivity index (χ3v) is 5.37. The van der Waals surface area contributed by atoms with Crippen molar-refractivity contribution in [2.45, 2.75) is 0 Å². The Kier molecular flexibility index (Phi) is 7.12. The Morgan fingerprint density at radius 1 is 0.909 bits per heavy atom. The number of hydrazone groups is 1. The SMILES string of the molecule is O=C(COc1cccc2ccccc12)NN=Cc1cccc(OC(=O)c2ccccc2Br)c1. The summed E-state index contributed by atoms with van der Waals surface area (Å²) in [6.45, 7) is -0.172. The Morgan fingerprint density at radius 3 is 2.55 bits per heavy atom. The smallest absolute Gasteiger partial charge is 0.344 e. The number of carbonyl (C=O) groups excluding carboxylic acids is 2. The Hall–Kier alpha value is -3.97. The van der Waals surface area contributed by atoms with Gasteiger partial charge in [-0.05, 0) is 57.2 Å². The van der Waals surface area contributed by atoms with Gasteiger partial charge in [0.05, 0.1) is 11.8 Å². The molecule has 0 aliphatic carbocycles. The van der Waals surface area contributed by atoms with Crippen molar-refractivity contribution in [1.82, 2.24) is 5.43 Å². The number of nitrogens with one attached hydrogen (secondary N) is 1. The number of hydrogen-bond donors (Lipinski definition) is 1. The van der Waals surface area contributed by atoms with E-state index in [1.54, 1.807) is 42.5 Å². The molecule has 33 heavy (non-hydrogen) atoms. The number of benzene rings is 4. The summed E-state index contributed by atoms with van der Waals surface area (Å²) in [6, 6.07) is 27.3. The molecule has 0 bridgehead atoms. The van der Waals surface area contributed by atoms with Gasteiger partial charge in [-0.1, -0.05) is 60.7 Å². The second-order valence-electron chi connectivity index (χ2n) is 7.00. The molecule has 0 radical (unpaired) electrons. The topological polar surface area (TPSA) is 77.0 Å². The van der Waals surface area contributed by atoms with E-state index in [1.807, 2.05) is 48.5 Å². The summed E-state index contributed by atoms with van der Waals surface area (Å²) in [6.07, 6.45) is 1.46. The maximum Gasteiger partial charge on any atom is 0.344 e. The van der Waals surface area contributed by atoms with Crippen LogP contribution in [0.1, 0.15) is 15.9 Å². The number of halogens is 1. The zero-order valence-corrected chi connectivity index (χ0v) is 19.0. The van der Waals surface area contributed by atoms with E-state index in [-0.39, 0.29) is 6.61 Å². The van der Waals surface area contributed by atoms with Crippen LogP contribution in [0.3, 0.4) is 0 Å². The van der Waals surface area contributed by atoms with Gasteiger partial charge >= 0.3 is 5.97 Å². The van der Waals surface area contributed by atoms with E-state index in [4.69, 9.17) is 9.47 Å². The van der Waals surface area contributed by atoms with Crippen LogP contribution in [0.15, 0.2) is 101 Å². The lowest BCUT2D eigenvalue weighted by Crippen LogP contribution is -2.24. The molecule has 6 nitrogen and oxygen atoms in total. The van der Waals surface area contributed by atoms with Crippen LogP contribution in [0.5, 0.6) is 11.5 Å². The monoisotopic (exact) mass is 502 g/mol. The van der Waals surface area contributed by atoms with Crippen molar-refractivity contribution in [1.29, 1.82) is 0 Å². The molecular formula is C26H19BrN2O4. The minimum atomic E-state index is -0.476. The van der Waals surface area contributed by atoms with E-state index in [1.165, 1.54) is 6.21 Å². The number of esters is 1. The maximum atomic E-state index is 12.4. The molecule has 0 saturated heterocycles. The standard InChI is InChI=1S/C26H19BrN2O4/c27-23-13-4-3-12-22(23)26(31)33-20-10-5-7-18(15-20)16-28-29-25(30)17-32-24-14-6-9-19-8-1-2-11-21(19)24/h1-16H,17H2,(H,29,30). The highest BCUT2D eigenvalue weighted by Crippen LogP contribution is 2.25.